The second kappa shape index (κ2) is 10.9. The van der Waals surface area contributed by atoms with E-state index in [4.69, 9.17) is 4.74 Å². The van der Waals surface area contributed by atoms with Gasteiger partial charge in [0, 0.05) is 44.7 Å². The van der Waals surface area contributed by atoms with Gasteiger partial charge < -0.3 is 9.84 Å². The summed E-state index contributed by atoms with van der Waals surface area (Å²) in [5.41, 5.74) is 2.41. The Labute approximate surface area is 223 Å². The largest absolute Gasteiger partial charge is 0.488 e. The lowest BCUT2D eigenvalue weighted by Gasteiger charge is -2.35. The molecule has 0 radical (unpaired) electrons. The number of ether oxygens (including phenoxy) is 1. The fourth-order valence-corrected chi connectivity index (χ4v) is 5.28. The molecule has 2 saturated heterocycles. The van der Waals surface area contributed by atoms with E-state index in [2.05, 4.69) is 10.2 Å². The molecule has 3 heterocycles. The van der Waals surface area contributed by atoms with Crippen molar-refractivity contribution in [1.29, 1.82) is 0 Å². The standard InChI is InChI=1S/C27H29F3N4O5/c28-27(29,30)16-33-12-10-32(11-13-33)14-17-4-6-18(7-5-17)15-39-21-3-1-2-19-23(21)26(38)34(25(19)37)20-8-9-22(35)31-24(20)36/h1-7,20,25,37H,8-16H2,(H,31,35,36). The van der Waals surface area contributed by atoms with Crippen molar-refractivity contribution < 1.29 is 37.4 Å². The number of fused-ring (bicyclic) bond motifs is 1. The average Bonchev–Trinajstić information content (AvgIpc) is 3.14. The third-order valence-electron chi connectivity index (χ3n) is 7.29. The zero-order valence-corrected chi connectivity index (χ0v) is 21.1. The van der Waals surface area contributed by atoms with Crippen LogP contribution in [-0.4, -0.2) is 82.5 Å². The van der Waals surface area contributed by atoms with Crippen LogP contribution in [0.4, 0.5) is 13.2 Å². The second-order valence-corrected chi connectivity index (χ2v) is 10.0. The molecular weight excluding hydrogens is 517 g/mol. The van der Waals surface area contributed by atoms with Crippen molar-refractivity contribution in [1.82, 2.24) is 20.0 Å². The Balaban J connectivity index is 1.18. The van der Waals surface area contributed by atoms with Gasteiger partial charge in [0.2, 0.25) is 11.8 Å². The van der Waals surface area contributed by atoms with Gasteiger partial charge in [-0.05, 0) is 23.6 Å². The number of rotatable bonds is 7. The van der Waals surface area contributed by atoms with Crippen molar-refractivity contribution in [3.63, 3.8) is 0 Å². The minimum atomic E-state index is -4.18. The maximum Gasteiger partial charge on any atom is 0.401 e. The molecule has 5 rings (SSSR count). The molecule has 2 aromatic rings. The van der Waals surface area contributed by atoms with Gasteiger partial charge in [0.25, 0.3) is 5.91 Å². The van der Waals surface area contributed by atoms with E-state index in [1.807, 2.05) is 24.3 Å². The summed E-state index contributed by atoms with van der Waals surface area (Å²) < 4.78 is 43.7. The Morgan fingerprint density at radius 1 is 0.949 bits per heavy atom. The Morgan fingerprint density at radius 2 is 1.62 bits per heavy atom. The normalized spacial score (nSPS) is 22.7. The van der Waals surface area contributed by atoms with Crippen LogP contribution in [0.3, 0.4) is 0 Å². The number of nitrogens with one attached hydrogen (secondary N) is 1. The Morgan fingerprint density at radius 3 is 2.28 bits per heavy atom. The SMILES string of the molecule is O=C1CCC(N2C(=O)c3c(OCc4ccc(CN5CCN(CC(F)(F)F)CC5)cc4)cccc3C2O)C(=O)N1. The van der Waals surface area contributed by atoms with E-state index in [0.717, 1.165) is 16.0 Å². The molecular formula is C27H29F3N4O5. The Hall–Kier alpha value is -3.48. The molecule has 3 amide bonds. The lowest BCUT2D eigenvalue weighted by atomic mass is 10.0. The fourth-order valence-electron chi connectivity index (χ4n) is 5.28. The number of halogens is 3. The number of hydrogen-bond donors (Lipinski definition) is 2. The van der Waals surface area contributed by atoms with Crippen LogP contribution in [0, 0.1) is 0 Å². The van der Waals surface area contributed by atoms with Crippen LogP contribution in [0.25, 0.3) is 0 Å². The fraction of sp³-hybridized carbons (Fsp3) is 0.444. The molecule has 2 unspecified atom stereocenters. The summed E-state index contributed by atoms with van der Waals surface area (Å²) in [4.78, 5) is 41.7. The van der Waals surface area contributed by atoms with Crippen LogP contribution >= 0.6 is 0 Å². The Bertz CT molecular complexity index is 1240. The number of piperazine rings is 1. The number of alkyl halides is 3. The van der Waals surface area contributed by atoms with Crippen molar-refractivity contribution in [2.24, 2.45) is 0 Å². The molecule has 3 aliphatic rings. The topological polar surface area (TPSA) is 102 Å². The highest BCUT2D eigenvalue weighted by Crippen LogP contribution is 2.39. The van der Waals surface area contributed by atoms with Gasteiger partial charge in [0.1, 0.15) is 18.4 Å². The molecule has 0 saturated carbocycles. The molecule has 2 aromatic carbocycles. The van der Waals surface area contributed by atoms with Crippen LogP contribution < -0.4 is 10.1 Å². The highest BCUT2D eigenvalue weighted by atomic mass is 19.4. The summed E-state index contributed by atoms with van der Waals surface area (Å²) in [7, 11) is 0. The first-order chi connectivity index (χ1) is 18.6. The zero-order chi connectivity index (χ0) is 27.7. The molecule has 2 N–H and O–H groups in total. The lowest BCUT2D eigenvalue weighted by molar-refractivity contribution is -0.149. The molecule has 0 bridgehead atoms. The van der Waals surface area contributed by atoms with E-state index in [9.17, 15) is 32.7 Å². The van der Waals surface area contributed by atoms with Crippen molar-refractivity contribution in [2.45, 2.75) is 44.4 Å². The van der Waals surface area contributed by atoms with E-state index >= 15 is 0 Å². The molecule has 208 valence electrons. The van der Waals surface area contributed by atoms with E-state index in [0.29, 0.717) is 38.3 Å². The van der Waals surface area contributed by atoms with Gasteiger partial charge >= 0.3 is 6.18 Å². The van der Waals surface area contributed by atoms with Crippen molar-refractivity contribution in [2.75, 3.05) is 32.7 Å². The molecule has 39 heavy (non-hydrogen) atoms. The molecule has 2 atom stereocenters. The maximum absolute atomic E-state index is 13.2. The summed E-state index contributed by atoms with van der Waals surface area (Å²) in [6.07, 6.45) is -5.29. The van der Waals surface area contributed by atoms with E-state index in [1.54, 1.807) is 18.2 Å². The highest BCUT2D eigenvalue weighted by molar-refractivity contribution is 6.06. The maximum atomic E-state index is 13.2. The molecule has 0 aliphatic carbocycles. The van der Waals surface area contributed by atoms with Crippen LogP contribution in [0.2, 0.25) is 0 Å². The number of carbonyl (C=O) groups excluding carboxylic acids is 3. The molecule has 3 aliphatic heterocycles. The predicted octanol–water partition coefficient (Wildman–Crippen LogP) is 2.20. The number of aliphatic hydroxyl groups excluding tert-OH is 1. The van der Waals surface area contributed by atoms with Gasteiger partial charge in [-0.3, -0.25) is 34.4 Å². The third-order valence-corrected chi connectivity index (χ3v) is 7.29. The smallest absolute Gasteiger partial charge is 0.401 e. The monoisotopic (exact) mass is 546 g/mol. The van der Waals surface area contributed by atoms with Gasteiger partial charge in [0.15, 0.2) is 6.23 Å². The number of carbonyl (C=O) groups is 3. The second-order valence-electron chi connectivity index (χ2n) is 10.0. The summed E-state index contributed by atoms with van der Waals surface area (Å²) in [6, 6.07) is 11.6. The minimum Gasteiger partial charge on any atom is -0.488 e. The quantitative estimate of drug-likeness (QED) is 0.514. The van der Waals surface area contributed by atoms with E-state index < -0.39 is 42.7 Å². The van der Waals surface area contributed by atoms with Gasteiger partial charge in [0.05, 0.1) is 12.1 Å². The average molecular weight is 547 g/mol. The minimum absolute atomic E-state index is 0.0802. The predicted molar refractivity (Wildman–Crippen MR) is 132 cm³/mol. The number of benzene rings is 2. The first-order valence-electron chi connectivity index (χ1n) is 12.8. The first kappa shape index (κ1) is 27.1. The number of imide groups is 1. The van der Waals surface area contributed by atoms with Crippen molar-refractivity contribution >= 4 is 17.7 Å². The number of hydrogen-bond acceptors (Lipinski definition) is 7. The summed E-state index contributed by atoms with van der Waals surface area (Å²) in [5, 5.41) is 13.0. The third kappa shape index (κ3) is 6.07. The van der Waals surface area contributed by atoms with Crippen LogP contribution in [0.5, 0.6) is 5.75 Å². The van der Waals surface area contributed by atoms with Gasteiger partial charge in [-0.1, -0.05) is 36.4 Å². The van der Waals surface area contributed by atoms with Crippen molar-refractivity contribution in [3.8, 4) is 5.75 Å². The summed E-state index contributed by atoms with van der Waals surface area (Å²) in [6.45, 7) is 1.80. The lowest BCUT2D eigenvalue weighted by Crippen LogP contribution is -2.53. The van der Waals surface area contributed by atoms with Gasteiger partial charge in [-0.15, -0.1) is 0 Å². The Kier molecular flexibility index (Phi) is 7.61. The molecule has 12 heteroatoms. The number of amides is 3. The van der Waals surface area contributed by atoms with Crippen molar-refractivity contribution in [3.05, 3.63) is 64.7 Å². The number of piperidine rings is 1. The van der Waals surface area contributed by atoms with Crippen LogP contribution in [0.1, 0.15) is 46.1 Å². The highest BCUT2D eigenvalue weighted by Gasteiger charge is 2.45. The molecule has 2 fully saturated rings. The molecule has 0 spiro atoms. The molecule has 9 nitrogen and oxygen atoms in total. The number of aliphatic hydroxyl groups is 1. The van der Waals surface area contributed by atoms with E-state index in [-0.39, 0.29) is 30.8 Å². The zero-order valence-electron chi connectivity index (χ0n) is 21.1. The first-order valence-corrected chi connectivity index (χ1v) is 12.8. The van der Waals surface area contributed by atoms with Crippen LogP contribution in [-0.2, 0) is 22.7 Å². The summed E-state index contributed by atoms with van der Waals surface area (Å²) >= 11 is 0. The molecule has 0 aromatic heterocycles. The summed E-state index contributed by atoms with van der Waals surface area (Å²) in [5.74, 6) is -1.27. The van der Waals surface area contributed by atoms with Gasteiger partial charge in [-0.25, -0.2) is 0 Å². The van der Waals surface area contributed by atoms with E-state index in [1.165, 1.54) is 4.90 Å². The number of nitrogens with zero attached hydrogens (tertiary/aromatic N) is 3. The van der Waals surface area contributed by atoms with Gasteiger partial charge in [-0.2, -0.15) is 13.2 Å². The van der Waals surface area contributed by atoms with Crippen LogP contribution in [0.15, 0.2) is 42.5 Å².